The first-order chi connectivity index (χ1) is 9.24. The van der Waals surface area contributed by atoms with Crippen LogP contribution in [0.25, 0.3) is 0 Å². The van der Waals surface area contributed by atoms with Gasteiger partial charge in [0.1, 0.15) is 0 Å². The Morgan fingerprint density at radius 3 is 2.63 bits per heavy atom. The highest BCUT2D eigenvalue weighted by atomic mass is 15.3. The molecule has 2 heterocycles. The number of aryl methyl sites for hydroxylation is 1. The van der Waals surface area contributed by atoms with Crippen LogP contribution in [0, 0.1) is 6.92 Å². The Morgan fingerprint density at radius 1 is 1.11 bits per heavy atom. The predicted molar refractivity (Wildman–Crippen MR) is 81.6 cm³/mol. The van der Waals surface area contributed by atoms with E-state index in [1.807, 2.05) is 6.07 Å². The van der Waals surface area contributed by atoms with E-state index in [-0.39, 0.29) is 0 Å². The topological polar surface area (TPSA) is 32.5 Å². The molecule has 0 aromatic heterocycles. The summed E-state index contributed by atoms with van der Waals surface area (Å²) in [4.78, 5) is 5.22. The van der Waals surface area contributed by atoms with Gasteiger partial charge in [-0.1, -0.05) is 6.42 Å². The number of likely N-dealkylation sites (tertiary alicyclic amines) is 1. The molecule has 1 unspecified atom stereocenters. The molecule has 0 saturated carbocycles. The minimum atomic E-state index is 0.762. The van der Waals surface area contributed by atoms with Gasteiger partial charge in [-0.25, -0.2) is 0 Å². The van der Waals surface area contributed by atoms with E-state index in [0.29, 0.717) is 0 Å². The van der Waals surface area contributed by atoms with E-state index < -0.39 is 0 Å². The molecule has 2 fully saturated rings. The number of benzene rings is 1. The Balaban J connectivity index is 1.66. The summed E-state index contributed by atoms with van der Waals surface area (Å²) in [5.41, 5.74) is 9.34. The van der Waals surface area contributed by atoms with Crippen molar-refractivity contribution in [2.24, 2.45) is 0 Å². The molecule has 2 aliphatic heterocycles. The van der Waals surface area contributed by atoms with Crippen molar-refractivity contribution in [3.63, 3.8) is 0 Å². The van der Waals surface area contributed by atoms with Gasteiger partial charge in [0.15, 0.2) is 0 Å². The van der Waals surface area contributed by atoms with Gasteiger partial charge < -0.3 is 10.6 Å². The highest BCUT2D eigenvalue weighted by molar-refractivity contribution is 5.58. The van der Waals surface area contributed by atoms with Crippen LogP contribution < -0.4 is 10.6 Å². The van der Waals surface area contributed by atoms with Crippen molar-refractivity contribution in [3.8, 4) is 0 Å². The summed E-state index contributed by atoms with van der Waals surface area (Å²) >= 11 is 0. The first-order valence-electron chi connectivity index (χ1n) is 7.59. The second kappa shape index (κ2) is 5.41. The van der Waals surface area contributed by atoms with Crippen molar-refractivity contribution in [2.45, 2.75) is 38.6 Å². The number of hydrogen-bond acceptors (Lipinski definition) is 3. The number of nitrogens with zero attached hydrogens (tertiary/aromatic N) is 2. The molecule has 0 radical (unpaired) electrons. The molecule has 0 bridgehead atoms. The Kier molecular flexibility index (Phi) is 3.65. The normalized spacial score (nSPS) is 24.9. The third kappa shape index (κ3) is 2.71. The van der Waals surface area contributed by atoms with Crippen LogP contribution in [-0.4, -0.2) is 37.1 Å². The van der Waals surface area contributed by atoms with E-state index in [1.54, 1.807) is 0 Å². The SMILES string of the molecule is Cc1cc(N2CCC(N3CCCCC3)C2)ccc1N. The van der Waals surface area contributed by atoms with E-state index in [0.717, 1.165) is 11.7 Å². The molecular weight excluding hydrogens is 234 g/mol. The molecule has 0 amide bonds. The van der Waals surface area contributed by atoms with Crippen molar-refractivity contribution in [1.29, 1.82) is 0 Å². The van der Waals surface area contributed by atoms with E-state index in [9.17, 15) is 0 Å². The maximum atomic E-state index is 5.90. The average Bonchev–Trinajstić information content (AvgIpc) is 2.93. The van der Waals surface area contributed by atoms with Gasteiger partial charge in [-0.3, -0.25) is 4.90 Å². The molecule has 0 spiro atoms. The highest BCUT2D eigenvalue weighted by Gasteiger charge is 2.28. The summed E-state index contributed by atoms with van der Waals surface area (Å²) in [5, 5.41) is 0. The van der Waals surface area contributed by atoms with Crippen LogP contribution in [0.15, 0.2) is 18.2 Å². The van der Waals surface area contributed by atoms with Crippen LogP contribution in [-0.2, 0) is 0 Å². The maximum absolute atomic E-state index is 5.90. The van der Waals surface area contributed by atoms with E-state index in [4.69, 9.17) is 5.73 Å². The fourth-order valence-electron chi connectivity index (χ4n) is 3.41. The third-order valence-corrected chi connectivity index (χ3v) is 4.69. The average molecular weight is 259 g/mol. The van der Waals surface area contributed by atoms with Crippen LogP contribution >= 0.6 is 0 Å². The molecule has 3 rings (SSSR count). The van der Waals surface area contributed by atoms with Crippen molar-refractivity contribution in [3.05, 3.63) is 23.8 Å². The second-order valence-corrected chi connectivity index (χ2v) is 6.03. The molecule has 19 heavy (non-hydrogen) atoms. The summed E-state index contributed by atoms with van der Waals surface area (Å²) in [5.74, 6) is 0. The molecule has 1 aromatic carbocycles. The third-order valence-electron chi connectivity index (χ3n) is 4.69. The fraction of sp³-hybridized carbons (Fsp3) is 0.625. The monoisotopic (exact) mass is 259 g/mol. The molecule has 2 N–H and O–H groups in total. The first-order valence-corrected chi connectivity index (χ1v) is 7.59. The highest BCUT2D eigenvalue weighted by Crippen LogP contribution is 2.27. The van der Waals surface area contributed by atoms with Crippen LogP contribution in [0.3, 0.4) is 0 Å². The van der Waals surface area contributed by atoms with Crippen LogP contribution in [0.1, 0.15) is 31.2 Å². The Bertz CT molecular complexity index is 438. The van der Waals surface area contributed by atoms with Gasteiger partial charge >= 0.3 is 0 Å². The number of hydrogen-bond donors (Lipinski definition) is 1. The minimum Gasteiger partial charge on any atom is -0.399 e. The molecule has 2 saturated heterocycles. The predicted octanol–water partition coefficient (Wildman–Crippen LogP) is 2.64. The molecule has 1 aromatic rings. The maximum Gasteiger partial charge on any atom is 0.0370 e. The van der Waals surface area contributed by atoms with Gasteiger partial charge in [0.05, 0.1) is 0 Å². The number of anilines is 2. The van der Waals surface area contributed by atoms with Crippen molar-refractivity contribution >= 4 is 11.4 Å². The van der Waals surface area contributed by atoms with E-state index in [2.05, 4.69) is 28.9 Å². The largest absolute Gasteiger partial charge is 0.399 e. The quantitative estimate of drug-likeness (QED) is 0.829. The van der Waals surface area contributed by atoms with E-state index in [1.165, 1.54) is 63.1 Å². The molecule has 1 atom stereocenters. The first kappa shape index (κ1) is 12.8. The summed E-state index contributed by atoms with van der Waals surface area (Å²) in [7, 11) is 0. The molecule has 3 heteroatoms. The molecular formula is C16H25N3. The molecule has 2 aliphatic rings. The lowest BCUT2D eigenvalue weighted by molar-refractivity contribution is 0.175. The van der Waals surface area contributed by atoms with Gasteiger partial charge in [0.25, 0.3) is 0 Å². The Labute approximate surface area is 116 Å². The van der Waals surface area contributed by atoms with Gasteiger partial charge in [-0.15, -0.1) is 0 Å². The smallest absolute Gasteiger partial charge is 0.0370 e. The van der Waals surface area contributed by atoms with Crippen molar-refractivity contribution in [2.75, 3.05) is 36.8 Å². The zero-order chi connectivity index (χ0) is 13.2. The fourth-order valence-corrected chi connectivity index (χ4v) is 3.41. The van der Waals surface area contributed by atoms with Gasteiger partial charge in [-0.05, 0) is 63.0 Å². The number of nitrogens with two attached hydrogens (primary N) is 1. The van der Waals surface area contributed by atoms with Crippen molar-refractivity contribution < 1.29 is 0 Å². The molecule has 0 aliphatic carbocycles. The van der Waals surface area contributed by atoms with E-state index >= 15 is 0 Å². The van der Waals surface area contributed by atoms with Crippen LogP contribution in [0.2, 0.25) is 0 Å². The summed E-state index contributed by atoms with van der Waals surface area (Å²) in [6.07, 6.45) is 5.50. The van der Waals surface area contributed by atoms with Crippen LogP contribution in [0.5, 0.6) is 0 Å². The van der Waals surface area contributed by atoms with Gasteiger partial charge in [0, 0.05) is 30.5 Å². The number of piperidine rings is 1. The summed E-state index contributed by atoms with van der Waals surface area (Å²) < 4.78 is 0. The van der Waals surface area contributed by atoms with Crippen LogP contribution in [0.4, 0.5) is 11.4 Å². The summed E-state index contributed by atoms with van der Waals surface area (Å²) in [6, 6.07) is 7.20. The standard InChI is InChI=1S/C16H25N3/c1-13-11-14(5-6-16(13)17)19-10-7-15(12-19)18-8-3-2-4-9-18/h5-6,11,15H,2-4,7-10,12,17H2,1H3. The zero-order valence-electron chi connectivity index (χ0n) is 11.9. The van der Waals surface area contributed by atoms with Gasteiger partial charge in [-0.2, -0.15) is 0 Å². The lowest BCUT2D eigenvalue weighted by atomic mass is 10.1. The second-order valence-electron chi connectivity index (χ2n) is 6.03. The lowest BCUT2D eigenvalue weighted by Crippen LogP contribution is -2.40. The van der Waals surface area contributed by atoms with Gasteiger partial charge in [0.2, 0.25) is 0 Å². The minimum absolute atomic E-state index is 0.762. The Hall–Kier alpha value is -1.22. The zero-order valence-corrected chi connectivity index (χ0v) is 11.9. The van der Waals surface area contributed by atoms with Crippen molar-refractivity contribution in [1.82, 2.24) is 4.90 Å². The Morgan fingerprint density at radius 2 is 1.89 bits per heavy atom. The lowest BCUT2D eigenvalue weighted by Gasteiger charge is -2.32. The summed E-state index contributed by atoms with van der Waals surface area (Å²) in [6.45, 7) is 7.07. The number of nitrogen functional groups attached to an aromatic ring is 1. The number of rotatable bonds is 2. The molecule has 104 valence electrons. The molecule has 3 nitrogen and oxygen atoms in total.